The average molecular weight is 433 g/mol. The Balaban J connectivity index is 1.77. The smallest absolute Gasteiger partial charge is 0.242 e. The van der Waals surface area contributed by atoms with Gasteiger partial charge in [0.25, 0.3) is 0 Å². The van der Waals surface area contributed by atoms with Crippen molar-refractivity contribution in [1.29, 1.82) is 0 Å². The van der Waals surface area contributed by atoms with Crippen LogP contribution in [-0.4, -0.2) is 36.4 Å². The first-order valence-electron chi connectivity index (χ1n) is 11.2. The maximum atomic E-state index is 13.3. The van der Waals surface area contributed by atoms with Crippen LogP contribution in [0.15, 0.2) is 66.7 Å². The summed E-state index contributed by atoms with van der Waals surface area (Å²) in [4.78, 5) is 27.7. The molecule has 0 saturated heterocycles. The fourth-order valence-electron chi connectivity index (χ4n) is 3.80. The lowest BCUT2D eigenvalue weighted by molar-refractivity contribution is -0.140. The summed E-state index contributed by atoms with van der Waals surface area (Å²) >= 11 is 0. The number of methoxy groups -OCH3 is 1. The Morgan fingerprint density at radius 1 is 1.00 bits per heavy atom. The van der Waals surface area contributed by atoms with Gasteiger partial charge < -0.3 is 15.0 Å². The van der Waals surface area contributed by atoms with Crippen molar-refractivity contribution in [2.24, 2.45) is 0 Å². The lowest BCUT2D eigenvalue weighted by Crippen LogP contribution is -2.47. The van der Waals surface area contributed by atoms with E-state index < -0.39 is 6.04 Å². The van der Waals surface area contributed by atoms with Crippen LogP contribution in [0.4, 0.5) is 0 Å². The van der Waals surface area contributed by atoms with Gasteiger partial charge in [0.1, 0.15) is 11.8 Å². The van der Waals surface area contributed by atoms with Crippen LogP contribution in [-0.2, 0) is 22.6 Å². The molecule has 0 aliphatic heterocycles. The minimum Gasteiger partial charge on any atom is -0.497 e. The molecule has 32 heavy (non-hydrogen) atoms. The Hall–Kier alpha value is -3.34. The highest BCUT2D eigenvalue weighted by Gasteiger charge is 2.25. The Morgan fingerprint density at radius 3 is 2.44 bits per heavy atom. The molecule has 168 valence electrons. The Bertz CT molecular complexity index is 1040. The molecule has 3 rings (SSSR count). The van der Waals surface area contributed by atoms with Crippen molar-refractivity contribution in [3.05, 3.63) is 77.9 Å². The third-order valence-electron chi connectivity index (χ3n) is 5.72. The zero-order valence-electron chi connectivity index (χ0n) is 19.1. The molecule has 5 nitrogen and oxygen atoms in total. The number of nitrogens with one attached hydrogen (secondary N) is 1. The number of aryl methyl sites for hydroxylation is 1. The molecule has 1 N–H and O–H groups in total. The normalized spacial score (nSPS) is 11.7. The van der Waals surface area contributed by atoms with Crippen LogP contribution >= 0.6 is 0 Å². The lowest BCUT2D eigenvalue weighted by atomic mass is 10.0. The highest BCUT2D eigenvalue weighted by Crippen LogP contribution is 2.21. The predicted molar refractivity (Wildman–Crippen MR) is 129 cm³/mol. The van der Waals surface area contributed by atoms with Crippen LogP contribution in [0.3, 0.4) is 0 Å². The quantitative estimate of drug-likeness (QED) is 0.504. The number of rotatable bonds is 10. The zero-order chi connectivity index (χ0) is 22.9. The second-order valence-electron chi connectivity index (χ2n) is 7.97. The molecule has 5 heteroatoms. The third-order valence-corrected chi connectivity index (χ3v) is 5.72. The van der Waals surface area contributed by atoms with Crippen LogP contribution in [0, 0.1) is 0 Å². The van der Waals surface area contributed by atoms with Crippen molar-refractivity contribution in [3.63, 3.8) is 0 Å². The summed E-state index contributed by atoms with van der Waals surface area (Å²) in [7, 11) is 1.62. The van der Waals surface area contributed by atoms with Crippen molar-refractivity contribution in [3.8, 4) is 5.75 Å². The van der Waals surface area contributed by atoms with Gasteiger partial charge in [0.05, 0.1) is 7.11 Å². The van der Waals surface area contributed by atoms with Crippen molar-refractivity contribution in [2.45, 2.75) is 45.7 Å². The maximum Gasteiger partial charge on any atom is 0.242 e. The van der Waals surface area contributed by atoms with Crippen molar-refractivity contribution < 1.29 is 14.3 Å². The highest BCUT2D eigenvalue weighted by molar-refractivity contribution is 5.88. The number of nitrogens with zero attached hydrogens (tertiary/aromatic N) is 1. The van der Waals surface area contributed by atoms with Gasteiger partial charge in [-0.1, -0.05) is 61.5 Å². The third kappa shape index (κ3) is 5.88. The van der Waals surface area contributed by atoms with E-state index in [1.807, 2.05) is 49.4 Å². The molecule has 0 aliphatic carbocycles. The number of carbonyl (C=O) groups is 2. The number of amides is 2. The minimum atomic E-state index is -0.552. The van der Waals surface area contributed by atoms with E-state index in [0.29, 0.717) is 25.9 Å². The Kier molecular flexibility index (Phi) is 8.26. The molecule has 0 spiro atoms. The number of carbonyl (C=O) groups excluding carboxylic acids is 2. The van der Waals surface area contributed by atoms with Crippen LogP contribution in [0.25, 0.3) is 10.8 Å². The van der Waals surface area contributed by atoms with E-state index >= 15 is 0 Å². The monoisotopic (exact) mass is 432 g/mol. The molecule has 0 aromatic heterocycles. The maximum absolute atomic E-state index is 13.3. The molecule has 2 amide bonds. The summed E-state index contributed by atoms with van der Waals surface area (Å²) in [5.74, 6) is 0.600. The summed E-state index contributed by atoms with van der Waals surface area (Å²) in [6, 6.07) is 21.4. The van der Waals surface area contributed by atoms with E-state index in [1.54, 1.807) is 18.9 Å². The molecule has 0 saturated carbocycles. The van der Waals surface area contributed by atoms with Crippen LogP contribution in [0.1, 0.15) is 37.8 Å². The number of hydrogen-bond donors (Lipinski definition) is 1. The van der Waals surface area contributed by atoms with E-state index in [-0.39, 0.29) is 11.8 Å². The zero-order valence-corrected chi connectivity index (χ0v) is 19.1. The molecule has 1 atom stereocenters. The molecular formula is C27H32N2O3. The first-order chi connectivity index (χ1) is 15.5. The fraction of sp³-hybridized carbons (Fsp3) is 0.333. The second kappa shape index (κ2) is 11.3. The van der Waals surface area contributed by atoms with Gasteiger partial charge in [0.2, 0.25) is 11.8 Å². The molecular weight excluding hydrogens is 400 g/mol. The molecule has 3 aromatic carbocycles. The number of benzene rings is 3. The molecule has 3 aromatic rings. The predicted octanol–water partition coefficient (Wildman–Crippen LogP) is 4.72. The first-order valence-corrected chi connectivity index (χ1v) is 11.2. The van der Waals surface area contributed by atoms with Gasteiger partial charge in [-0.15, -0.1) is 0 Å². The highest BCUT2D eigenvalue weighted by atomic mass is 16.5. The summed E-state index contributed by atoms with van der Waals surface area (Å²) in [6.07, 6.45) is 1.82. The standard InChI is InChI=1S/C27H32N2O3/c1-4-18-28-27(31)20(2)29(19-21-12-15-24(32-3)16-13-21)26(30)17-14-23-10-7-9-22-8-5-6-11-25(22)23/h5-13,15-16,20H,4,14,17-19H2,1-3H3,(H,28,31)/t20-/m0/s1. The van der Waals surface area contributed by atoms with Gasteiger partial charge in [0.15, 0.2) is 0 Å². The summed E-state index contributed by atoms with van der Waals surface area (Å²) in [6.45, 7) is 4.78. The van der Waals surface area contributed by atoms with Crippen molar-refractivity contribution in [2.75, 3.05) is 13.7 Å². The van der Waals surface area contributed by atoms with Crippen LogP contribution in [0.5, 0.6) is 5.75 Å². The SMILES string of the molecule is CCCNC(=O)[C@H](C)N(Cc1ccc(OC)cc1)C(=O)CCc1cccc2ccccc12. The Morgan fingerprint density at radius 2 is 1.72 bits per heavy atom. The largest absolute Gasteiger partial charge is 0.497 e. The van der Waals surface area contributed by atoms with Gasteiger partial charge in [-0.05, 0) is 53.8 Å². The fourth-order valence-corrected chi connectivity index (χ4v) is 3.80. The van der Waals surface area contributed by atoms with Gasteiger partial charge in [0, 0.05) is 19.5 Å². The number of hydrogen-bond acceptors (Lipinski definition) is 3. The molecule has 0 aliphatic rings. The van der Waals surface area contributed by atoms with E-state index in [0.717, 1.165) is 23.3 Å². The summed E-state index contributed by atoms with van der Waals surface area (Å²) in [5, 5.41) is 5.25. The van der Waals surface area contributed by atoms with Gasteiger partial charge in [-0.2, -0.15) is 0 Å². The van der Waals surface area contributed by atoms with E-state index in [1.165, 1.54) is 10.8 Å². The minimum absolute atomic E-state index is 0.0344. The van der Waals surface area contributed by atoms with Gasteiger partial charge in [-0.3, -0.25) is 9.59 Å². The molecule has 0 radical (unpaired) electrons. The van der Waals surface area contributed by atoms with Crippen LogP contribution in [0.2, 0.25) is 0 Å². The summed E-state index contributed by atoms with van der Waals surface area (Å²) in [5.41, 5.74) is 2.10. The second-order valence-corrected chi connectivity index (χ2v) is 7.97. The van der Waals surface area contributed by atoms with Gasteiger partial charge in [-0.25, -0.2) is 0 Å². The number of ether oxygens (including phenoxy) is 1. The summed E-state index contributed by atoms with van der Waals surface area (Å²) < 4.78 is 5.23. The van der Waals surface area contributed by atoms with Crippen molar-refractivity contribution in [1.82, 2.24) is 10.2 Å². The van der Waals surface area contributed by atoms with E-state index in [9.17, 15) is 9.59 Å². The molecule has 0 fully saturated rings. The van der Waals surface area contributed by atoms with Gasteiger partial charge >= 0.3 is 0 Å². The van der Waals surface area contributed by atoms with Crippen LogP contribution < -0.4 is 10.1 Å². The van der Waals surface area contributed by atoms with Crippen molar-refractivity contribution >= 4 is 22.6 Å². The first kappa shape index (κ1) is 23.3. The average Bonchev–Trinajstić information content (AvgIpc) is 2.84. The number of fused-ring (bicyclic) bond motifs is 1. The molecule has 0 unspecified atom stereocenters. The lowest BCUT2D eigenvalue weighted by Gasteiger charge is -2.29. The topological polar surface area (TPSA) is 58.6 Å². The molecule has 0 heterocycles. The molecule has 0 bridgehead atoms. The van der Waals surface area contributed by atoms with E-state index in [4.69, 9.17) is 4.74 Å². The van der Waals surface area contributed by atoms with E-state index in [2.05, 4.69) is 29.6 Å². The Labute approximate surface area is 190 Å².